The van der Waals surface area contributed by atoms with E-state index in [-0.39, 0.29) is 5.91 Å². The van der Waals surface area contributed by atoms with Crippen molar-refractivity contribution in [1.82, 2.24) is 0 Å². The summed E-state index contributed by atoms with van der Waals surface area (Å²) in [6.45, 7) is 7.14. The number of halogens is 1. The number of benzene rings is 1. The van der Waals surface area contributed by atoms with E-state index >= 15 is 0 Å². The van der Waals surface area contributed by atoms with Crippen LogP contribution < -0.4 is 11.1 Å². The van der Waals surface area contributed by atoms with Gasteiger partial charge >= 0.3 is 0 Å². The molecule has 106 valence electrons. The average molecular weight is 303 g/mol. The Hall–Kier alpha value is -1.07. The van der Waals surface area contributed by atoms with Crippen molar-refractivity contribution in [3.63, 3.8) is 0 Å². The van der Waals surface area contributed by atoms with E-state index in [0.717, 1.165) is 0 Å². The smallest absolute Gasteiger partial charge is 0.239 e. The Morgan fingerprint density at radius 3 is 2.53 bits per heavy atom. The van der Waals surface area contributed by atoms with E-state index in [1.165, 1.54) is 0 Å². The molecule has 0 aliphatic heterocycles. The van der Waals surface area contributed by atoms with Gasteiger partial charge in [0.2, 0.25) is 5.91 Å². The highest BCUT2D eigenvalue weighted by atomic mass is 35.5. The van der Waals surface area contributed by atoms with Crippen LogP contribution in [-0.2, 0) is 15.6 Å². The number of rotatable bonds is 3. The van der Waals surface area contributed by atoms with Crippen LogP contribution in [0.25, 0.3) is 0 Å². The van der Waals surface area contributed by atoms with Gasteiger partial charge in [-0.3, -0.25) is 9.00 Å². The third kappa shape index (κ3) is 4.21. The number of nitrogens with two attached hydrogens (primary N) is 1. The van der Waals surface area contributed by atoms with Crippen molar-refractivity contribution in [2.45, 2.75) is 37.7 Å². The van der Waals surface area contributed by atoms with Gasteiger partial charge in [0.15, 0.2) is 0 Å². The highest BCUT2D eigenvalue weighted by molar-refractivity contribution is 7.87. The van der Waals surface area contributed by atoms with Crippen LogP contribution in [0.4, 0.5) is 11.4 Å². The summed E-state index contributed by atoms with van der Waals surface area (Å²) in [4.78, 5) is 12.1. The molecule has 0 bridgehead atoms. The first-order valence-corrected chi connectivity index (χ1v) is 7.48. The Balaban J connectivity index is 2.85. The fourth-order valence-corrected chi connectivity index (χ4v) is 2.98. The predicted octanol–water partition coefficient (Wildman–Crippen LogP) is 2.80. The lowest BCUT2D eigenvalue weighted by Gasteiger charge is -2.22. The second kappa shape index (κ2) is 5.92. The lowest BCUT2D eigenvalue weighted by Crippen LogP contribution is -2.37. The molecule has 4 nitrogen and oxygen atoms in total. The minimum atomic E-state index is -1.28. The third-order valence-electron chi connectivity index (χ3n) is 2.57. The minimum absolute atomic E-state index is 0.331. The molecule has 6 heteroatoms. The van der Waals surface area contributed by atoms with Gasteiger partial charge in [-0.1, -0.05) is 11.6 Å². The first kappa shape index (κ1) is 16.0. The van der Waals surface area contributed by atoms with Crippen LogP contribution in [0.15, 0.2) is 18.2 Å². The van der Waals surface area contributed by atoms with Gasteiger partial charge in [-0.2, -0.15) is 0 Å². The highest BCUT2D eigenvalue weighted by Crippen LogP contribution is 2.24. The van der Waals surface area contributed by atoms with Gasteiger partial charge in [-0.15, -0.1) is 0 Å². The molecular formula is C13H19ClN2O2S. The molecule has 0 aromatic heterocycles. The Bertz CT molecular complexity index is 512. The van der Waals surface area contributed by atoms with Gasteiger partial charge in [0, 0.05) is 20.6 Å². The number of hydrogen-bond acceptors (Lipinski definition) is 3. The van der Waals surface area contributed by atoms with Crippen molar-refractivity contribution in [3.8, 4) is 0 Å². The standard InChI is InChI=1S/C13H19ClN2O2S/c1-8(19(18)13(2,3)4)12(17)16-11-7-9(14)5-6-10(11)15/h5-8H,15H2,1-4H3,(H,16,17). The van der Waals surface area contributed by atoms with Crippen LogP contribution in [-0.4, -0.2) is 20.1 Å². The molecule has 1 amide bonds. The molecule has 1 aromatic rings. The van der Waals surface area contributed by atoms with Crippen LogP contribution >= 0.6 is 11.6 Å². The molecule has 0 radical (unpaired) electrons. The van der Waals surface area contributed by atoms with Crippen molar-refractivity contribution < 1.29 is 9.00 Å². The predicted molar refractivity (Wildman–Crippen MR) is 81.9 cm³/mol. The summed E-state index contributed by atoms with van der Waals surface area (Å²) in [5.74, 6) is -0.331. The summed E-state index contributed by atoms with van der Waals surface area (Å²) in [6.07, 6.45) is 0. The summed E-state index contributed by atoms with van der Waals surface area (Å²) in [5, 5.41) is 2.52. The lowest BCUT2D eigenvalue weighted by molar-refractivity contribution is -0.115. The van der Waals surface area contributed by atoms with Gasteiger partial charge in [0.1, 0.15) is 5.25 Å². The zero-order valence-corrected chi connectivity index (χ0v) is 13.1. The maximum absolute atomic E-state index is 12.1. The molecule has 3 N–H and O–H groups in total. The molecule has 2 atom stereocenters. The van der Waals surface area contributed by atoms with Gasteiger partial charge in [-0.25, -0.2) is 0 Å². The summed E-state index contributed by atoms with van der Waals surface area (Å²) in [7, 11) is -1.28. The Morgan fingerprint density at radius 2 is 2.00 bits per heavy atom. The van der Waals surface area contributed by atoms with E-state index in [1.54, 1.807) is 25.1 Å². The fourth-order valence-electron chi connectivity index (χ4n) is 1.50. The van der Waals surface area contributed by atoms with Crippen molar-refractivity contribution in [2.24, 2.45) is 0 Å². The summed E-state index contributed by atoms with van der Waals surface area (Å²) >= 11 is 5.85. The largest absolute Gasteiger partial charge is 0.397 e. The zero-order chi connectivity index (χ0) is 14.8. The molecule has 0 saturated carbocycles. The Morgan fingerprint density at radius 1 is 1.42 bits per heavy atom. The molecule has 0 aliphatic carbocycles. The minimum Gasteiger partial charge on any atom is -0.397 e. The number of carbonyl (C=O) groups excluding carboxylic acids is 1. The molecule has 1 aromatic carbocycles. The van der Waals surface area contributed by atoms with Crippen molar-refractivity contribution >= 4 is 39.7 Å². The molecular weight excluding hydrogens is 284 g/mol. The third-order valence-corrected chi connectivity index (χ3v) is 4.87. The summed E-state index contributed by atoms with van der Waals surface area (Å²) < 4.78 is 11.7. The van der Waals surface area contributed by atoms with Crippen molar-refractivity contribution in [3.05, 3.63) is 23.2 Å². The summed E-state index contributed by atoms with van der Waals surface area (Å²) in [6, 6.07) is 4.83. The lowest BCUT2D eigenvalue weighted by atomic mass is 10.2. The van der Waals surface area contributed by atoms with E-state index < -0.39 is 20.8 Å². The number of carbonyl (C=O) groups is 1. The Kier molecular flexibility index (Phi) is 4.98. The first-order valence-electron chi connectivity index (χ1n) is 5.89. The van der Waals surface area contributed by atoms with E-state index in [9.17, 15) is 9.00 Å². The number of anilines is 2. The summed E-state index contributed by atoms with van der Waals surface area (Å²) in [5.41, 5.74) is 6.61. The van der Waals surface area contributed by atoms with Crippen LogP contribution in [0.1, 0.15) is 27.7 Å². The van der Waals surface area contributed by atoms with Crippen molar-refractivity contribution in [1.29, 1.82) is 0 Å². The van der Waals surface area contributed by atoms with E-state index in [1.807, 2.05) is 20.8 Å². The van der Waals surface area contributed by atoms with Gasteiger partial charge in [-0.05, 0) is 45.9 Å². The molecule has 0 heterocycles. The number of amides is 1. The zero-order valence-electron chi connectivity index (χ0n) is 11.5. The molecule has 1 rings (SSSR count). The van der Waals surface area contributed by atoms with E-state index in [0.29, 0.717) is 16.4 Å². The van der Waals surface area contributed by atoms with Crippen LogP contribution in [0.3, 0.4) is 0 Å². The molecule has 19 heavy (non-hydrogen) atoms. The van der Waals surface area contributed by atoms with Gasteiger partial charge < -0.3 is 11.1 Å². The average Bonchev–Trinajstić information content (AvgIpc) is 2.30. The van der Waals surface area contributed by atoms with E-state index in [4.69, 9.17) is 17.3 Å². The maximum Gasteiger partial charge on any atom is 0.239 e. The highest BCUT2D eigenvalue weighted by Gasteiger charge is 2.29. The monoisotopic (exact) mass is 302 g/mol. The molecule has 0 spiro atoms. The molecule has 2 unspecified atom stereocenters. The first-order chi connectivity index (χ1) is 8.62. The molecule has 0 fully saturated rings. The van der Waals surface area contributed by atoms with Crippen molar-refractivity contribution in [2.75, 3.05) is 11.1 Å². The van der Waals surface area contributed by atoms with Crippen LogP contribution in [0.5, 0.6) is 0 Å². The fraction of sp³-hybridized carbons (Fsp3) is 0.462. The second-order valence-electron chi connectivity index (χ2n) is 5.27. The Labute approximate surface area is 121 Å². The quantitative estimate of drug-likeness (QED) is 0.843. The molecule has 0 aliphatic rings. The topological polar surface area (TPSA) is 72.2 Å². The van der Waals surface area contributed by atoms with Gasteiger partial charge in [0.05, 0.1) is 11.4 Å². The normalized spacial score (nSPS) is 14.8. The van der Waals surface area contributed by atoms with Crippen LogP contribution in [0.2, 0.25) is 5.02 Å². The molecule has 0 saturated heterocycles. The number of nitrogens with one attached hydrogen (secondary N) is 1. The SMILES string of the molecule is CC(C(=O)Nc1cc(Cl)ccc1N)S(=O)C(C)(C)C. The van der Waals surface area contributed by atoms with E-state index in [2.05, 4.69) is 5.32 Å². The van der Waals surface area contributed by atoms with Crippen LogP contribution in [0, 0.1) is 0 Å². The van der Waals surface area contributed by atoms with Gasteiger partial charge in [0.25, 0.3) is 0 Å². The second-order valence-corrected chi connectivity index (χ2v) is 8.24. The number of nitrogen functional groups attached to an aromatic ring is 1. The maximum atomic E-state index is 12.1. The number of hydrogen-bond donors (Lipinski definition) is 2.